The third kappa shape index (κ3) is 19.7. The Morgan fingerprint density at radius 1 is 0.745 bits per heavy atom. The average Bonchev–Trinajstić information content (AvgIpc) is 3.12. The Kier molecular flexibility index (Phi) is 25.2. The molecule has 9 N–H and O–H groups in total. The van der Waals surface area contributed by atoms with Crippen LogP contribution in [0.4, 0.5) is 0 Å². The molecule has 0 fully saturated rings. The van der Waals surface area contributed by atoms with Gasteiger partial charge >= 0.3 is 173 Å². The van der Waals surface area contributed by atoms with Crippen molar-refractivity contribution in [1.29, 1.82) is 21.3 Å². The Morgan fingerprint density at radius 3 is 1.45 bits per heavy atom. The zero-order chi connectivity index (χ0) is 37.3. The Labute approximate surface area is 332 Å². The number of aliphatic hydroxyl groups excluding tert-OH is 1. The van der Waals surface area contributed by atoms with Gasteiger partial charge in [0.2, 0.25) is 0 Å². The quantitative estimate of drug-likeness (QED) is 0.0517. The summed E-state index contributed by atoms with van der Waals surface area (Å²) in [4.78, 5) is 24.4. The van der Waals surface area contributed by atoms with Gasteiger partial charge in [-0.3, -0.25) is 4.79 Å². The van der Waals surface area contributed by atoms with Crippen LogP contribution in [-0.2, 0) is 25.0 Å². The Morgan fingerprint density at radius 2 is 1.10 bits per heavy atom. The van der Waals surface area contributed by atoms with Crippen LogP contribution in [0.1, 0.15) is 54.1 Å². The number of alkyl halides is 2. The predicted octanol–water partition coefficient (Wildman–Crippen LogP) is 4.61. The van der Waals surface area contributed by atoms with E-state index in [2.05, 4.69) is 38.4 Å². The second-order valence-corrected chi connectivity index (χ2v) is 13.4. The van der Waals surface area contributed by atoms with Gasteiger partial charge in [0, 0.05) is 12.1 Å². The zero-order valence-electron chi connectivity index (χ0n) is 27.1. The summed E-state index contributed by atoms with van der Waals surface area (Å²) in [5.41, 5.74) is 15.7. The van der Waals surface area contributed by atoms with E-state index in [9.17, 15) is 14.7 Å². The molecule has 0 aliphatic rings. The van der Waals surface area contributed by atoms with E-state index in [-0.39, 0.29) is 65.2 Å². The first-order chi connectivity index (χ1) is 24.0. The van der Waals surface area contributed by atoms with Crippen LogP contribution in [0.3, 0.4) is 0 Å². The van der Waals surface area contributed by atoms with Gasteiger partial charge in [-0.2, -0.15) is 5.26 Å². The molecule has 4 aromatic rings. The third-order valence-electron chi connectivity index (χ3n) is 6.15. The van der Waals surface area contributed by atoms with Gasteiger partial charge in [0.1, 0.15) is 0 Å². The predicted molar refractivity (Wildman–Crippen MR) is 209 cm³/mol. The molecule has 0 spiro atoms. The van der Waals surface area contributed by atoms with Crippen molar-refractivity contribution in [2.24, 2.45) is 11.5 Å². The monoisotopic (exact) mass is 925 g/mol. The average molecular weight is 925 g/mol. The Hall–Kier alpha value is -4.20. The fourth-order valence-electron chi connectivity index (χ4n) is 3.85. The van der Waals surface area contributed by atoms with Gasteiger partial charge < -0.3 is 10.4 Å². The number of rotatable bonds is 10. The van der Waals surface area contributed by atoms with E-state index in [1.807, 2.05) is 36.4 Å². The summed E-state index contributed by atoms with van der Waals surface area (Å²) in [5.74, 6) is -0.372. The van der Waals surface area contributed by atoms with Crippen molar-refractivity contribution in [3.05, 3.63) is 142 Å². The molecule has 0 aliphatic carbocycles. The van der Waals surface area contributed by atoms with Crippen molar-refractivity contribution in [3.8, 4) is 12.1 Å². The summed E-state index contributed by atoms with van der Waals surface area (Å²) in [6.07, 6.45) is 0. The second-order valence-electron chi connectivity index (χ2n) is 9.57. The van der Waals surface area contributed by atoms with E-state index >= 15 is 0 Å². The minimum atomic E-state index is -0.223. The minimum absolute atomic E-state index is 0. The van der Waals surface area contributed by atoms with E-state index in [4.69, 9.17) is 50.3 Å². The molecule has 0 aromatic heterocycles. The van der Waals surface area contributed by atoms with Gasteiger partial charge in [-0.1, -0.05) is 30.3 Å². The fraction of sp³-hybridized carbons (Fsp3) is 0.143. The van der Waals surface area contributed by atoms with Crippen molar-refractivity contribution < 1.29 is 14.7 Å². The van der Waals surface area contributed by atoms with E-state index in [0.717, 1.165) is 16.7 Å². The molecular formula is C35H36BrCl2N8O3Se2. The standard InChI is InChI=1S/C17H16N4OSe.C16H14N2O2.CH2Cl2.CH3N2Se.BrH/c18-9-12-5-7-13(8-6-12)10-21-16(22)15-4-2-1-3-14(15)11-23-17(19)20;17-9-12-5-7-13(8-6-12)10-18-16(20)15-4-2-1-3-14(15)11-19;2-1-3;2-1(3)4;/h1-8H,10-11H2,(H3,19,20)(H,21,22);1-8,19H,10-11H2,(H,18,20);1H2;(H3,2,3);1H. The van der Waals surface area contributed by atoms with Crippen LogP contribution in [0, 0.1) is 33.5 Å². The summed E-state index contributed by atoms with van der Waals surface area (Å²) < 4.78 is 0.213. The van der Waals surface area contributed by atoms with Gasteiger partial charge in [-0.25, -0.2) is 0 Å². The number of benzene rings is 4. The molecule has 1 radical (unpaired) electrons. The molecule has 0 unspecified atom stereocenters. The Bertz CT molecular complexity index is 1780. The molecule has 2 amide bonds. The molecular weight excluding hydrogens is 889 g/mol. The zero-order valence-corrected chi connectivity index (χ0v) is 33.7. The summed E-state index contributed by atoms with van der Waals surface area (Å²) in [6.45, 7) is 0.613. The molecule has 267 valence electrons. The van der Waals surface area contributed by atoms with Crippen LogP contribution < -0.4 is 22.1 Å². The van der Waals surface area contributed by atoms with Crippen molar-refractivity contribution in [2.75, 3.05) is 5.34 Å². The molecule has 0 aliphatic heterocycles. The first-order valence-electron chi connectivity index (χ1n) is 14.4. The maximum absolute atomic E-state index is 12.4. The SMILES string of the molecule is Br.ClCCl.N#Cc1ccc(CNC(=O)c2ccccc2CO)cc1.N#Cc1ccc(CNC(=O)c2ccccc2C[Se]C(=N)N)cc1.N=C(N)[Se]. The number of carbonyl (C=O) groups excluding carboxylic acids is 2. The third-order valence-corrected chi connectivity index (χ3v) is 7.76. The van der Waals surface area contributed by atoms with Crippen LogP contribution in [0.15, 0.2) is 97.1 Å². The number of aliphatic hydroxyl groups is 1. The number of nitrogens with one attached hydrogen (secondary N) is 4. The Balaban J connectivity index is 0.000000820. The molecule has 51 heavy (non-hydrogen) atoms. The molecule has 4 rings (SSSR count). The van der Waals surface area contributed by atoms with E-state index in [1.165, 1.54) is 0 Å². The number of hydrogen-bond donors (Lipinski definition) is 7. The van der Waals surface area contributed by atoms with Gasteiger partial charge in [-0.15, -0.1) is 40.2 Å². The van der Waals surface area contributed by atoms with Gasteiger partial charge in [-0.05, 0) is 29.3 Å². The molecule has 4 aromatic carbocycles. The second kappa shape index (κ2) is 27.5. The summed E-state index contributed by atoms with van der Waals surface area (Å²) in [6, 6.07) is 32.5. The molecule has 0 saturated heterocycles. The van der Waals surface area contributed by atoms with Gasteiger partial charge in [0.15, 0.2) is 0 Å². The maximum atomic E-state index is 12.4. The van der Waals surface area contributed by atoms with Gasteiger partial charge in [0.25, 0.3) is 5.91 Å². The molecule has 0 saturated carbocycles. The number of hydrogen-bond acceptors (Lipinski definition) is 7. The van der Waals surface area contributed by atoms with Crippen LogP contribution in [-0.4, -0.2) is 62.7 Å². The van der Waals surface area contributed by atoms with E-state index in [0.29, 0.717) is 46.2 Å². The number of amidine groups is 2. The van der Waals surface area contributed by atoms with E-state index in [1.54, 1.807) is 66.7 Å². The number of halogens is 3. The van der Waals surface area contributed by atoms with E-state index < -0.39 is 0 Å². The molecule has 16 heteroatoms. The molecule has 11 nitrogen and oxygen atoms in total. The van der Waals surface area contributed by atoms with Gasteiger partial charge in [0.05, 0.1) is 23.6 Å². The number of carbonyl (C=O) groups is 2. The van der Waals surface area contributed by atoms with Crippen LogP contribution in [0.5, 0.6) is 0 Å². The fourth-order valence-corrected chi connectivity index (χ4v) is 5.03. The van der Waals surface area contributed by atoms with Crippen molar-refractivity contribution in [3.63, 3.8) is 0 Å². The van der Waals surface area contributed by atoms with Crippen LogP contribution in [0.25, 0.3) is 0 Å². The molecule has 0 bridgehead atoms. The first-order valence-corrected chi connectivity index (χ1v) is 18.4. The summed E-state index contributed by atoms with van der Waals surface area (Å²) in [7, 11) is 0. The molecule has 0 atom stereocenters. The van der Waals surface area contributed by atoms with Crippen LogP contribution >= 0.6 is 40.2 Å². The number of nitrogens with zero attached hydrogens (tertiary/aromatic N) is 2. The van der Waals surface area contributed by atoms with Crippen molar-refractivity contribution in [2.45, 2.75) is 25.0 Å². The molecule has 0 heterocycles. The normalized spacial score (nSPS) is 9.12. The number of nitrogens with two attached hydrogens (primary N) is 2. The van der Waals surface area contributed by atoms with Crippen molar-refractivity contribution in [1.82, 2.24) is 10.6 Å². The summed E-state index contributed by atoms with van der Waals surface area (Å²) >= 11 is 11.7. The topological polar surface area (TPSA) is 226 Å². The van der Waals surface area contributed by atoms with Crippen molar-refractivity contribution >= 4 is 92.4 Å². The number of nitriles is 2. The number of amides is 2. The summed E-state index contributed by atoms with van der Waals surface area (Å²) in [5, 5.41) is 46.7. The van der Waals surface area contributed by atoms with Crippen LogP contribution in [0.2, 0.25) is 0 Å². The first kappa shape index (κ1) is 46.8.